The Morgan fingerprint density at radius 3 is 2.73 bits per heavy atom. The summed E-state index contributed by atoms with van der Waals surface area (Å²) in [5.74, 6) is 0. The summed E-state index contributed by atoms with van der Waals surface area (Å²) >= 11 is 5.79. The van der Waals surface area contributed by atoms with E-state index in [-0.39, 0.29) is 5.56 Å². The first kappa shape index (κ1) is 14.9. The fraction of sp³-hybridized carbons (Fsp3) is 0.214. The minimum absolute atomic E-state index is 0.241. The molecule has 8 heteroatoms. The summed E-state index contributed by atoms with van der Waals surface area (Å²) in [5, 5.41) is 4.93. The predicted octanol–water partition coefficient (Wildman–Crippen LogP) is 1.64. The van der Waals surface area contributed by atoms with Gasteiger partial charge in [0, 0.05) is 30.3 Å². The Balaban J connectivity index is 2.17. The van der Waals surface area contributed by atoms with Gasteiger partial charge in [-0.25, -0.2) is 4.98 Å². The molecule has 3 rings (SSSR count). The second-order valence-electron chi connectivity index (χ2n) is 4.91. The first-order valence-corrected chi connectivity index (χ1v) is 8.43. The highest BCUT2D eigenvalue weighted by Gasteiger charge is 2.12. The van der Waals surface area contributed by atoms with Crippen molar-refractivity contribution in [2.24, 2.45) is 0 Å². The molecule has 3 aromatic heterocycles. The lowest BCUT2D eigenvalue weighted by Gasteiger charge is -2.12. The summed E-state index contributed by atoms with van der Waals surface area (Å²) in [6.07, 6.45) is 3.22. The number of fused-ring (bicyclic) bond motifs is 1. The third kappa shape index (κ3) is 2.69. The molecule has 1 atom stereocenters. The number of aryl methyl sites for hydroxylation is 1. The molecule has 6 nitrogen and oxygen atoms in total. The largest absolute Gasteiger partial charge is 0.326 e. The number of aromatic nitrogens is 4. The van der Waals surface area contributed by atoms with Crippen molar-refractivity contribution < 1.29 is 4.21 Å². The Labute approximate surface area is 133 Å². The molecule has 3 aromatic rings. The van der Waals surface area contributed by atoms with Crippen molar-refractivity contribution in [2.75, 3.05) is 6.26 Å². The molecule has 0 spiro atoms. The van der Waals surface area contributed by atoms with Crippen LogP contribution in [0.1, 0.15) is 11.3 Å². The zero-order valence-electron chi connectivity index (χ0n) is 12.0. The Hall–Kier alpha value is -1.99. The van der Waals surface area contributed by atoms with E-state index in [4.69, 9.17) is 11.6 Å². The molecule has 0 aromatic carbocycles. The first-order chi connectivity index (χ1) is 10.5. The smallest absolute Gasteiger partial charge is 0.274 e. The van der Waals surface area contributed by atoms with E-state index in [0.717, 1.165) is 11.3 Å². The van der Waals surface area contributed by atoms with Crippen LogP contribution in [0.4, 0.5) is 0 Å². The fourth-order valence-electron chi connectivity index (χ4n) is 2.23. The molecule has 0 saturated carbocycles. The van der Waals surface area contributed by atoms with Crippen molar-refractivity contribution in [1.82, 2.24) is 19.2 Å². The van der Waals surface area contributed by atoms with E-state index < -0.39 is 10.8 Å². The van der Waals surface area contributed by atoms with Gasteiger partial charge in [0.1, 0.15) is 10.8 Å². The molecule has 0 aliphatic rings. The Bertz CT molecular complexity index is 930. The van der Waals surface area contributed by atoms with Crippen LogP contribution in [-0.4, -0.2) is 29.6 Å². The normalized spacial score (nSPS) is 12.7. The van der Waals surface area contributed by atoms with Crippen LogP contribution in [0, 0.1) is 6.92 Å². The van der Waals surface area contributed by atoms with Crippen LogP contribution in [0.5, 0.6) is 0 Å². The number of rotatable bonds is 3. The second kappa shape index (κ2) is 5.66. The van der Waals surface area contributed by atoms with E-state index in [2.05, 4.69) is 10.1 Å². The molecule has 0 fully saturated rings. The summed E-state index contributed by atoms with van der Waals surface area (Å²) in [6, 6.07) is 6.77. The summed E-state index contributed by atoms with van der Waals surface area (Å²) in [7, 11) is -1.25. The number of hydrogen-bond acceptors (Lipinski definition) is 4. The molecule has 0 N–H and O–H groups in total. The average Bonchev–Trinajstić information content (AvgIpc) is 2.91. The van der Waals surface area contributed by atoms with E-state index in [9.17, 15) is 9.00 Å². The van der Waals surface area contributed by atoms with Gasteiger partial charge in [0.05, 0.1) is 17.3 Å². The number of pyridine rings is 1. The van der Waals surface area contributed by atoms with Crippen molar-refractivity contribution in [3.05, 3.63) is 57.2 Å². The van der Waals surface area contributed by atoms with Crippen LogP contribution < -0.4 is 5.56 Å². The van der Waals surface area contributed by atoms with E-state index in [0.29, 0.717) is 22.4 Å². The summed E-state index contributed by atoms with van der Waals surface area (Å²) < 4.78 is 14.8. The summed E-state index contributed by atoms with van der Waals surface area (Å²) in [5.41, 5.74) is 2.10. The number of hydrogen-bond donors (Lipinski definition) is 0. The Morgan fingerprint density at radius 1 is 1.32 bits per heavy atom. The molecule has 1 unspecified atom stereocenters. The predicted molar refractivity (Wildman–Crippen MR) is 84.9 cm³/mol. The minimum Gasteiger partial charge on any atom is -0.326 e. The maximum absolute atomic E-state index is 12.0. The van der Waals surface area contributed by atoms with Gasteiger partial charge >= 0.3 is 0 Å². The standard InChI is InChI=1S/C14H13ClN4O2S/c1-9-5-14(20)19-13(6-12(17-19)22(2)21)18(9)8-10-3-4-11(15)16-7-10/h3-7H,8H2,1-2H3. The van der Waals surface area contributed by atoms with Gasteiger partial charge in [-0.05, 0) is 18.6 Å². The first-order valence-electron chi connectivity index (χ1n) is 6.50. The lowest BCUT2D eigenvalue weighted by molar-refractivity contribution is 0.681. The topological polar surface area (TPSA) is 69.3 Å². The zero-order valence-corrected chi connectivity index (χ0v) is 13.6. The average molecular weight is 337 g/mol. The molecule has 0 saturated heterocycles. The zero-order chi connectivity index (χ0) is 15.9. The lowest BCUT2D eigenvalue weighted by Crippen LogP contribution is -2.20. The molecule has 0 aliphatic heterocycles. The van der Waals surface area contributed by atoms with E-state index in [1.165, 1.54) is 16.8 Å². The van der Waals surface area contributed by atoms with Gasteiger partial charge in [-0.15, -0.1) is 0 Å². The van der Waals surface area contributed by atoms with E-state index >= 15 is 0 Å². The number of nitrogens with zero attached hydrogens (tertiary/aromatic N) is 4. The fourth-order valence-corrected chi connectivity index (χ4v) is 2.81. The minimum atomic E-state index is -1.25. The van der Waals surface area contributed by atoms with Crippen molar-refractivity contribution >= 4 is 28.0 Å². The van der Waals surface area contributed by atoms with Crippen LogP contribution in [0.3, 0.4) is 0 Å². The van der Waals surface area contributed by atoms with E-state index in [1.807, 2.05) is 17.6 Å². The highest BCUT2D eigenvalue weighted by molar-refractivity contribution is 7.84. The molecule has 0 radical (unpaired) electrons. The molecular formula is C14H13ClN4O2S. The van der Waals surface area contributed by atoms with Crippen molar-refractivity contribution in [3.63, 3.8) is 0 Å². The monoisotopic (exact) mass is 336 g/mol. The van der Waals surface area contributed by atoms with Crippen molar-refractivity contribution in [3.8, 4) is 0 Å². The second-order valence-corrected chi connectivity index (χ2v) is 6.62. The lowest BCUT2D eigenvalue weighted by atomic mass is 10.2. The van der Waals surface area contributed by atoms with Crippen LogP contribution in [0.15, 0.2) is 40.3 Å². The SMILES string of the molecule is Cc1cc(=O)n2nc(S(C)=O)cc2n1Cc1ccc(Cl)nc1. The van der Waals surface area contributed by atoms with Gasteiger partial charge in [0.2, 0.25) is 0 Å². The summed E-state index contributed by atoms with van der Waals surface area (Å²) in [4.78, 5) is 16.1. The highest BCUT2D eigenvalue weighted by Crippen LogP contribution is 2.13. The molecule has 114 valence electrons. The van der Waals surface area contributed by atoms with Gasteiger partial charge in [0.25, 0.3) is 5.56 Å². The van der Waals surface area contributed by atoms with Crippen LogP contribution in [-0.2, 0) is 17.3 Å². The molecule has 0 aliphatic carbocycles. The van der Waals surface area contributed by atoms with E-state index in [1.54, 1.807) is 18.3 Å². The maximum atomic E-state index is 12.0. The highest BCUT2D eigenvalue weighted by atomic mass is 35.5. The molecule has 0 amide bonds. The molecular weight excluding hydrogens is 324 g/mol. The molecule has 3 heterocycles. The molecule has 22 heavy (non-hydrogen) atoms. The molecule has 0 bridgehead atoms. The van der Waals surface area contributed by atoms with Gasteiger partial charge in [0.15, 0.2) is 5.03 Å². The van der Waals surface area contributed by atoms with Crippen LogP contribution in [0.25, 0.3) is 5.65 Å². The van der Waals surface area contributed by atoms with Crippen molar-refractivity contribution in [1.29, 1.82) is 0 Å². The van der Waals surface area contributed by atoms with Gasteiger partial charge in [-0.1, -0.05) is 17.7 Å². The van der Waals surface area contributed by atoms with Gasteiger partial charge in [-0.2, -0.15) is 9.61 Å². The van der Waals surface area contributed by atoms with Crippen LogP contribution in [0.2, 0.25) is 5.15 Å². The van der Waals surface area contributed by atoms with Gasteiger partial charge in [-0.3, -0.25) is 9.00 Å². The maximum Gasteiger partial charge on any atom is 0.274 e. The van der Waals surface area contributed by atoms with Crippen molar-refractivity contribution in [2.45, 2.75) is 18.5 Å². The quantitative estimate of drug-likeness (QED) is 0.682. The number of halogens is 1. The third-order valence-corrected chi connectivity index (χ3v) is 4.35. The summed E-state index contributed by atoms with van der Waals surface area (Å²) in [6.45, 7) is 2.36. The van der Waals surface area contributed by atoms with Gasteiger partial charge < -0.3 is 4.57 Å². The Morgan fingerprint density at radius 2 is 2.09 bits per heavy atom. The third-order valence-electron chi connectivity index (χ3n) is 3.34. The van der Waals surface area contributed by atoms with Crippen LogP contribution >= 0.6 is 11.6 Å². The Kier molecular flexibility index (Phi) is 3.84.